The molecule has 5 rings (SSSR count). The monoisotopic (exact) mass is 530 g/mol. The number of aromatic nitrogens is 3. The molecule has 1 saturated heterocycles. The molecule has 0 aliphatic carbocycles. The second-order valence-electron chi connectivity index (χ2n) is 9.72. The molecule has 10 heteroatoms. The van der Waals surface area contributed by atoms with Gasteiger partial charge in [-0.25, -0.2) is 9.07 Å². The number of fused-ring (bicyclic) bond motifs is 1. The highest BCUT2D eigenvalue weighted by molar-refractivity contribution is 6.01. The molecule has 2 heterocycles. The molecule has 1 aromatic heterocycles. The van der Waals surface area contributed by atoms with Crippen LogP contribution in [0.15, 0.2) is 72.8 Å². The zero-order chi connectivity index (χ0) is 27.4. The van der Waals surface area contributed by atoms with Crippen molar-refractivity contribution in [2.45, 2.75) is 31.5 Å². The Bertz CT molecular complexity index is 1450. The molecular weight excluding hydrogens is 499 g/mol. The van der Waals surface area contributed by atoms with E-state index in [2.05, 4.69) is 15.6 Å². The van der Waals surface area contributed by atoms with E-state index in [4.69, 9.17) is 4.74 Å². The van der Waals surface area contributed by atoms with Crippen molar-refractivity contribution in [3.63, 3.8) is 0 Å². The average Bonchev–Trinajstić information content (AvgIpc) is 3.61. The number of ether oxygens (including phenoxy) is 1. The molecule has 1 N–H and O–H groups in total. The third kappa shape index (κ3) is 5.75. The van der Waals surface area contributed by atoms with Crippen LogP contribution in [0.4, 0.5) is 15.8 Å². The van der Waals surface area contributed by atoms with E-state index < -0.39 is 23.7 Å². The number of para-hydroxylation sites is 2. The van der Waals surface area contributed by atoms with E-state index in [1.807, 2.05) is 49.3 Å². The Morgan fingerprint density at radius 2 is 1.82 bits per heavy atom. The van der Waals surface area contributed by atoms with Gasteiger partial charge in [-0.2, -0.15) is 0 Å². The second-order valence-corrected chi connectivity index (χ2v) is 9.72. The number of carbonyl (C=O) groups excluding carboxylic acids is 2. The molecule has 1 fully saturated rings. The smallest absolute Gasteiger partial charge is 0.249 e. The van der Waals surface area contributed by atoms with Crippen LogP contribution in [0.25, 0.3) is 11.0 Å². The average molecular weight is 531 g/mol. The Kier molecular flexibility index (Phi) is 7.83. The third-order valence-electron chi connectivity index (χ3n) is 6.85. The Labute approximate surface area is 226 Å². The van der Waals surface area contributed by atoms with E-state index in [0.717, 1.165) is 18.5 Å². The fraction of sp³-hybridized carbons (Fsp3) is 0.310. The molecule has 9 nitrogen and oxygen atoms in total. The molecule has 4 aromatic rings. The number of nitrogens with zero attached hydrogens (tertiary/aromatic N) is 5. The Morgan fingerprint density at radius 3 is 2.54 bits per heavy atom. The van der Waals surface area contributed by atoms with Gasteiger partial charge in [0.2, 0.25) is 11.8 Å². The largest absolute Gasteiger partial charge is 0.378 e. The molecule has 2 atom stereocenters. The van der Waals surface area contributed by atoms with Gasteiger partial charge >= 0.3 is 0 Å². The molecule has 202 valence electrons. The molecule has 2 amide bonds. The van der Waals surface area contributed by atoms with E-state index in [-0.39, 0.29) is 18.3 Å². The SMILES string of the molecule is CN(C)c1ccc([C@@H](C(=O)NC[C@H]2CCCO2)N(C(=O)Cn2nnc3ccccc32)c2ccccc2F)cc1. The summed E-state index contributed by atoms with van der Waals surface area (Å²) >= 11 is 0. The van der Waals surface area contributed by atoms with Crippen LogP contribution in [0.2, 0.25) is 0 Å². The summed E-state index contributed by atoms with van der Waals surface area (Å²) in [6, 6.07) is 19.4. The van der Waals surface area contributed by atoms with Gasteiger partial charge in [0.05, 0.1) is 17.3 Å². The van der Waals surface area contributed by atoms with Crippen LogP contribution in [-0.4, -0.2) is 60.2 Å². The summed E-state index contributed by atoms with van der Waals surface area (Å²) in [5.41, 5.74) is 2.77. The highest BCUT2D eigenvalue weighted by Crippen LogP contribution is 2.31. The molecule has 0 unspecified atom stereocenters. The quantitative estimate of drug-likeness (QED) is 0.355. The van der Waals surface area contributed by atoms with Crippen molar-refractivity contribution in [3.8, 4) is 0 Å². The molecule has 3 aromatic carbocycles. The lowest BCUT2D eigenvalue weighted by atomic mass is 10.0. The summed E-state index contributed by atoms with van der Waals surface area (Å²) in [5.74, 6) is -1.55. The molecule has 0 radical (unpaired) electrons. The summed E-state index contributed by atoms with van der Waals surface area (Å²) in [4.78, 5) is 31.0. The highest BCUT2D eigenvalue weighted by atomic mass is 19.1. The van der Waals surface area contributed by atoms with Crippen molar-refractivity contribution in [3.05, 3.63) is 84.2 Å². The molecule has 0 bridgehead atoms. The molecule has 0 spiro atoms. The lowest BCUT2D eigenvalue weighted by Crippen LogP contribution is -2.47. The Hall–Kier alpha value is -4.31. The number of hydrogen-bond acceptors (Lipinski definition) is 6. The predicted octanol–water partition coefficient (Wildman–Crippen LogP) is 3.71. The van der Waals surface area contributed by atoms with Crippen LogP contribution in [0.3, 0.4) is 0 Å². The first-order chi connectivity index (χ1) is 18.9. The number of anilines is 2. The predicted molar refractivity (Wildman–Crippen MR) is 147 cm³/mol. The maximum absolute atomic E-state index is 15.3. The summed E-state index contributed by atoms with van der Waals surface area (Å²) in [7, 11) is 3.83. The van der Waals surface area contributed by atoms with Gasteiger partial charge in [0.1, 0.15) is 23.9 Å². The lowest BCUT2D eigenvalue weighted by Gasteiger charge is -2.32. The molecule has 1 aliphatic rings. The zero-order valence-corrected chi connectivity index (χ0v) is 22.0. The van der Waals surface area contributed by atoms with Gasteiger partial charge in [-0.05, 0) is 54.8 Å². The number of benzene rings is 3. The molecule has 0 saturated carbocycles. The van der Waals surface area contributed by atoms with Gasteiger partial charge in [0.15, 0.2) is 0 Å². The van der Waals surface area contributed by atoms with Crippen LogP contribution in [0.1, 0.15) is 24.4 Å². The number of rotatable bonds is 9. The zero-order valence-electron chi connectivity index (χ0n) is 22.0. The fourth-order valence-corrected chi connectivity index (χ4v) is 4.79. The van der Waals surface area contributed by atoms with Crippen molar-refractivity contribution in [1.29, 1.82) is 0 Å². The van der Waals surface area contributed by atoms with Gasteiger partial charge in [0, 0.05) is 32.9 Å². The topological polar surface area (TPSA) is 92.6 Å². The van der Waals surface area contributed by atoms with Crippen molar-refractivity contribution < 1.29 is 18.7 Å². The maximum atomic E-state index is 15.3. The first-order valence-corrected chi connectivity index (χ1v) is 12.9. The number of nitrogens with one attached hydrogen (secondary N) is 1. The molecular formula is C29H31FN6O3. The minimum absolute atomic E-state index is 0.000809. The number of amides is 2. The minimum Gasteiger partial charge on any atom is -0.378 e. The van der Waals surface area contributed by atoms with Gasteiger partial charge in [0.25, 0.3) is 0 Å². The van der Waals surface area contributed by atoms with E-state index in [0.29, 0.717) is 29.7 Å². The van der Waals surface area contributed by atoms with Gasteiger partial charge in [-0.15, -0.1) is 5.10 Å². The van der Waals surface area contributed by atoms with Gasteiger partial charge in [-0.1, -0.05) is 41.6 Å². The van der Waals surface area contributed by atoms with E-state index >= 15 is 4.39 Å². The van der Waals surface area contributed by atoms with Crippen molar-refractivity contribution in [2.24, 2.45) is 0 Å². The number of carbonyl (C=O) groups is 2. The van der Waals surface area contributed by atoms with Crippen LogP contribution < -0.4 is 15.1 Å². The van der Waals surface area contributed by atoms with Gasteiger partial charge < -0.3 is 15.0 Å². The van der Waals surface area contributed by atoms with Crippen LogP contribution in [-0.2, 0) is 20.9 Å². The summed E-state index contributed by atoms with van der Waals surface area (Å²) in [6.45, 7) is 0.722. The minimum atomic E-state index is -1.14. The standard InChI is InChI=1S/C29H31FN6O3/c1-34(2)21-15-13-20(14-16-21)28(29(38)31-18-22-8-7-17-39-22)36(25-11-5-3-9-23(25)30)27(37)19-35-26-12-6-4-10-24(26)32-33-35/h3-6,9-16,22,28H,7-8,17-19H2,1-2H3,(H,31,38)/t22-,28+/m1/s1. The van der Waals surface area contributed by atoms with Gasteiger partial charge in [-0.3, -0.25) is 14.5 Å². The lowest BCUT2D eigenvalue weighted by molar-refractivity contribution is -0.127. The first-order valence-electron chi connectivity index (χ1n) is 12.9. The Morgan fingerprint density at radius 1 is 1.08 bits per heavy atom. The fourth-order valence-electron chi connectivity index (χ4n) is 4.79. The maximum Gasteiger partial charge on any atom is 0.249 e. The summed E-state index contributed by atoms with van der Waals surface area (Å²) < 4.78 is 22.4. The van der Waals surface area contributed by atoms with Crippen LogP contribution in [0, 0.1) is 5.82 Å². The van der Waals surface area contributed by atoms with Crippen molar-refractivity contribution >= 4 is 34.2 Å². The van der Waals surface area contributed by atoms with E-state index in [9.17, 15) is 9.59 Å². The van der Waals surface area contributed by atoms with Crippen LogP contribution >= 0.6 is 0 Å². The van der Waals surface area contributed by atoms with Crippen LogP contribution in [0.5, 0.6) is 0 Å². The highest BCUT2D eigenvalue weighted by Gasteiger charge is 2.35. The second kappa shape index (κ2) is 11.6. The summed E-state index contributed by atoms with van der Waals surface area (Å²) in [6.07, 6.45) is 1.68. The molecule has 39 heavy (non-hydrogen) atoms. The summed E-state index contributed by atoms with van der Waals surface area (Å²) in [5, 5.41) is 11.2. The Balaban J connectivity index is 1.55. The number of halogens is 1. The third-order valence-corrected chi connectivity index (χ3v) is 6.85. The van der Waals surface area contributed by atoms with E-state index in [1.165, 1.54) is 21.7 Å². The number of hydrogen-bond donors (Lipinski definition) is 1. The van der Waals surface area contributed by atoms with Crippen molar-refractivity contribution in [1.82, 2.24) is 20.3 Å². The van der Waals surface area contributed by atoms with Crippen molar-refractivity contribution in [2.75, 3.05) is 37.0 Å². The normalized spacial score (nSPS) is 15.7. The van der Waals surface area contributed by atoms with E-state index in [1.54, 1.807) is 30.3 Å². The molecule has 1 aliphatic heterocycles. The first kappa shape index (κ1) is 26.3.